The number of nitrogens with one attached hydrogen (secondary N) is 2. The van der Waals surface area contributed by atoms with Crippen LogP contribution < -0.4 is 15.4 Å². The van der Waals surface area contributed by atoms with Gasteiger partial charge in [-0.15, -0.1) is 0 Å². The van der Waals surface area contributed by atoms with Crippen LogP contribution in [-0.2, 0) is 6.42 Å². The summed E-state index contributed by atoms with van der Waals surface area (Å²) in [7, 11) is 1.62. The highest BCUT2D eigenvalue weighted by Crippen LogP contribution is 2.23. The summed E-state index contributed by atoms with van der Waals surface area (Å²) in [6.07, 6.45) is 0.664. The number of ether oxygens (including phenoxy) is 1. The Balaban J connectivity index is 1.87. The molecular formula is C17H20N2O3. The van der Waals surface area contributed by atoms with Gasteiger partial charge in [0.2, 0.25) is 0 Å². The molecule has 2 aromatic rings. The van der Waals surface area contributed by atoms with Gasteiger partial charge in [-0.1, -0.05) is 24.3 Å². The Kier molecular flexibility index (Phi) is 5.25. The standard InChI is InChI=1S/C17H20N2O3/c1-12-7-8-15(20)14(11-12)19-17(21)18-10-9-13-5-3-4-6-16(13)22-2/h3-8,11,20H,9-10H2,1-2H3,(H2,18,19,21). The van der Waals surface area contributed by atoms with Crippen molar-refractivity contribution in [2.24, 2.45) is 0 Å². The third-order valence-electron chi connectivity index (χ3n) is 3.27. The Morgan fingerprint density at radius 2 is 2.00 bits per heavy atom. The van der Waals surface area contributed by atoms with E-state index in [0.29, 0.717) is 18.7 Å². The summed E-state index contributed by atoms with van der Waals surface area (Å²) in [5.74, 6) is 0.853. The van der Waals surface area contributed by atoms with Crippen LogP contribution in [0.4, 0.5) is 10.5 Å². The molecular weight excluding hydrogens is 280 g/mol. The van der Waals surface area contributed by atoms with E-state index in [-0.39, 0.29) is 11.8 Å². The van der Waals surface area contributed by atoms with Crippen LogP contribution in [0.5, 0.6) is 11.5 Å². The quantitative estimate of drug-likeness (QED) is 0.743. The van der Waals surface area contributed by atoms with Gasteiger partial charge in [0.25, 0.3) is 0 Å². The highest BCUT2D eigenvalue weighted by atomic mass is 16.5. The fourth-order valence-corrected chi connectivity index (χ4v) is 2.14. The van der Waals surface area contributed by atoms with Gasteiger partial charge in [-0.25, -0.2) is 4.79 Å². The minimum Gasteiger partial charge on any atom is -0.506 e. The number of methoxy groups -OCH3 is 1. The van der Waals surface area contributed by atoms with Crippen LogP contribution >= 0.6 is 0 Å². The van der Waals surface area contributed by atoms with Gasteiger partial charge >= 0.3 is 6.03 Å². The zero-order chi connectivity index (χ0) is 15.9. The molecule has 0 aromatic heterocycles. The molecule has 2 aromatic carbocycles. The van der Waals surface area contributed by atoms with E-state index >= 15 is 0 Å². The second kappa shape index (κ2) is 7.36. The van der Waals surface area contributed by atoms with Crippen molar-refractivity contribution >= 4 is 11.7 Å². The van der Waals surface area contributed by atoms with Gasteiger partial charge in [-0.2, -0.15) is 0 Å². The summed E-state index contributed by atoms with van der Waals surface area (Å²) >= 11 is 0. The van der Waals surface area contributed by atoms with Gasteiger partial charge < -0.3 is 20.5 Å². The molecule has 22 heavy (non-hydrogen) atoms. The number of amides is 2. The number of anilines is 1. The second-order valence-electron chi connectivity index (χ2n) is 4.96. The summed E-state index contributed by atoms with van der Waals surface area (Å²) in [6, 6.07) is 12.4. The molecule has 116 valence electrons. The molecule has 0 saturated carbocycles. The molecule has 0 heterocycles. The molecule has 0 radical (unpaired) electrons. The Morgan fingerprint density at radius 1 is 1.23 bits per heavy atom. The lowest BCUT2D eigenvalue weighted by Gasteiger charge is -2.11. The van der Waals surface area contributed by atoms with Crippen molar-refractivity contribution in [1.82, 2.24) is 5.32 Å². The monoisotopic (exact) mass is 300 g/mol. The van der Waals surface area contributed by atoms with Gasteiger partial charge in [0.15, 0.2) is 0 Å². The number of hydrogen-bond donors (Lipinski definition) is 3. The molecule has 0 atom stereocenters. The molecule has 0 spiro atoms. The van der Waals surface area contributed by atoms with E-state index in [0.717, 1.165) is 16.9 Å². The third kappa shape index (κ3) is 4.15. The highest BCUT2D eigenvalue weighted by molar-refractivity contribution is 5.90. The number of para-hydroxylation sites is 1. The van der Waals surface area contributed by atoms with Crippen molar-refractivity contribution in [2.75, 3.05) is 19.0 Å². The average Bonchev–Trinajstić information content (AvgIpc) is 2.51. The van der Waals surface area contributed by atoms with E-state index < -0.39 is 0 Å². The molecule has 5 heteroatoms. The third-order valence-corrected chi connectivity index (χ3v) is 3.27. The Morgan fingerprint density at radius 3 is 2.77 bits per heavy atom. The topological polar surface area (TPSA) is 70.6 Å². The predicted octanol–water partition coefficient (Wildman–Crippen LogP) is 3.07. The summed E-state index contributed by atoms with van der Waals surface area (Å²) in [4.78, 5) is 11.9. The number of urea groups is 1. The van der Waals surface area contributed by atoms with Crippen LogP contribution in [0.1, 0.15) is 11.1 Å². The lowest BCUT2D eigenvalue weighted by molar-refractivity contribution is 0.252. The largest absolute Gasteiger partial charge is 0.506 e. The number of hydrogen-bond acceptors (Lipinski definition) is 3. The Bertz CT molecular complexity index is 656. The number of phenolic OH excluding ortho intramolecular Hbond substituents is 1. The molecule has 0 saturated heterocycles. The summed E-state index contributed by atoms with van der Waals surface area (Å²) < 4.78 is 5.27. The molecule has 0 bridgehead atoms. The van der Waals surface area contributed by atoms with Gasteiger partial charge in [0.05, 0.1) is 12.8 Å². The van der Waals surface area contributed by atoms with E-state index in [4.69, 9.17) is 4.74 Å². The fraction of sp³-hybridized carbons (Fsp3) is 0.235. The molecule has 0 unspecified atom stereocenters. The molecule has 0 aliphatic rings. The van der Waals surface area contributed by atoms with E-state index in [1.54, 1.807) is 25.3 Å². The van der Waals surface area contributed by atoms with Crippen LogP contribution in [-0.4, -0.2) is 24.8 Å². The van der Waals surface area contributed by atoms with Crippen LogP contribution in [0.25, 0.3) is 0 Å². The lowest BCUT2D eigenvalue weighted by atomic mass is 10.1. The summed E-state index contributed by atoms with van der Waals surface area (Å²) in [6.45, 7) is 2.36. The number of carbonyl (C=O) groups is 1. The molecule has 3 N–H and O–H groups in total. The van der Waals surface area contributed by atoms with Crippen molar-refractivity contribution in [3.05, 3.63) is 53.6 Å². The molecule has 0 aliphatic carbocycles. The SMILES string of the molecule is COc1ccccc1CCNC(=O)Nc1cc(C)ccc1O. The summed E-state index contributed by atoms with van der Waals surface area (Å²) in [5, 5.41) is 15.1. The first-order valence-corrected chi connectivity index (χ1v) is 7.06. The van der Waals surface area contributed by atoms with E-state index in [9.17, 15) is 9.90 Å². The predicted molar refractivity (Wildman–Crippen MR) is 86.6 cm³/mol. The number of phenols is 1. The fourth-order valence-electron chi connectivity index (χ4n) is 2.14. The number of carbonyl (C=O) groups excluding carboxylic acids is 1. The highest BCUT2D eigenvalue weighted by Gasteiger charge is 2.07. The molecule has 2 rings (SSSR count). The van der Waals surface area contributed by atoms with Crippen molar-refractivity contribution in [1.29, 1.82) is 0 Å². The van der Waals surface area contributed by atoms with Crippen LogP contribution in [0.15, 0.2) is 42.5 Å². The molecule has 2 amide bonds. The van der Waals surface area contributed by atoms with Gasteiger partial charge in [-0.3, -0.25) is 0 Å². The first-order chi connectivity index (χ1) is 10.6. The molecule has 0 fully saturated rings. The Hall–Kier alpha value is -2.69. The first-order valence-electron chi connectivity index (χ1n) is 7.06. The van der Waals surface area contributed by atoms with Crippen LogP contribution in [0.2, 0.25) is 0 Å². The number of benzene rings is 2. The van der Waals surface area contributed by atoms with E-state index in [1.807, 2.05) is 31.2 Å². The normalized spacial score (nSPS) is 10.1. The zero-order valence-corrected chi connectivity index (χ0v) is 12.7. The van der Waals surface area contributed by atoms with Crippen molar-refractivity contribution in [3.8, 4) is 11.5 Å². The average molecular weight is 300 g/mol. The minimum absolute atomic E-state index is 0.0467. The maximum absolute atomic E-state index is 11.9. The maximum Gasteiger partial charge on any atom is 0.319 e. The smallest absolute Gasteiger partial charge is 0.319 e. The van der Waals surface area contributed by atoms with Crippen LogP contribution in [0.3, 0.4) is 0 Å². The summed E-state index contributed by atoms with van der Waals surface area (Å²) in [5.41, 5.74) is 2.39. The minimum atomic E-state index is -0.351. The van der Waals surface area contributed by atoms with Crippen molar-refractivity contribution in [2.45, 2.75) is 13.3 Å². The Labute approximate surface area is 129 Å². The van der Waals surface area contributed by atoms with Crippen molar-refractivity contribution in [3.63, 3.8) is 0 Å². The lowest BCUT2D eigenvalue weighted by Crippen LogP contribution is -2.30. The van der Waals surface area contributed by atoms with Gasteiger partial charge in [0.1, 0.15) is 11.5 Å². The van der Waals surface area contributed by atoms with Gasteiger partial charge in [0, 0.05) is 6.54 Å². The maximum atomic E-state index is 11.9. The number of rotatable bonds is 5. The van der Waals surface area contributed by atoms with E-state index in [2.05, 4.69) is 10.6 Å². The second-order valence-corrected chi connectivity index (χ2v) is 4.96. The van der Waals surface area contributed by atoms with E-state index in [1.165, 1.54) is 0 Å². The zero-order valence-electron chi connectivity index (χ0n) is 12.7. The van der Waals surface area contributed by atoms with Gasteiger partial charge in [-0.05, 0) is 42.7 Å². The number of aryl methyl sites for hydroxylation is 1. The van der Waals surface area contributed by atoms with Crippen molar-refractivity contribution < 1.29 is 14.6 Å². The van der Waals surface area contributed by atoms with Crippen LogP contribution in [0, 0.1) is 6.92 Å². The first kappa shape index (κ1) is 15.7. The molecule has 5 nitrogen and oxygen atoms in total. The molecule has 0 aliphatic heterocycles. The number of aromatic hydroxyl groups is 1.